The minimum absolute atomic E-state index is 0.518. The first-order valence-corrected chi connectivity index (χ1v) is 6.88. The highest BCUT2D eigenvalue weighted by atomic mass is 15.4. The first-order chi connectivity index (χ1) is 9.20. The third-order valence-electron chi connectivity index (χ3n) is 3.25. The van der Waals surface area contributed by atoms with Gasteiger partial charge in [0, 0.05) is 18.7 Å². The third kappa shape index (κ3) is 3.64. The predicted molar refractivity (Wildman–Crippen MR) is 77.9 cm³/mol. The van der Waals surface area contributed by atoms with Gasteiger partial charge in [0.1, 0.15) is 0 Å². The maximum absolute atomic E-state index is 3.95. The first-order valence-electron chi connectivity index (χ1n) is 6.88. The average Bonchev–Trinajstić information content (AvgIpc) is 2.83. The van der Waals surface area contributed by atoms with E-state index in [2.05, 4.69) is 53.7 Å². The van der Waals surface area contributed by atoms with E-state index in [1.165, 1.54) is 12.0 Å². The van der Waals surface area contributed by atoms with Crippen molar-refractivity contribution in [3.05, 3.63) is 36.0 Å². The lowest BCUT2D eigenvalue weighted by Crippen LogP contribution is -2.28. The topological polar surface area (TPSA) is 42.7 Å². The molecule has 1 unspecified atom stereocenters. The van der Waals surface area contributed by atoms with E-state index in [9.17, 15) is 0 Å². The van der Waals surface area contributed by atoms with Crippen molar-refractivity contribution < 1.29 is 0 Å². The van der Waals surface area contributed by atoms with Crippen molar-refractivity contribution in [1.82, 2.24) is 20.3 Å². The van der Waals surface area contributed by atoms with Crippen LogP contribution in [0, 0.1) is 0 Å². The molecule has 2 rings (SSSR count). The van der Waals surface area contributed by atoms with Crippen molar-refractivity contribution in [1.29, 1.82) is 0 Å². The molecule has 102 valence electrons. The number of hydrogen-bond donors (Lipinski definition) is 1. The van der Waals surface area contributed by atoms with Crippen molar-refractivity contribution in [2.75, 3.05) is 6.54 Å². The van der Waals surface area contributed by atoms with Crippen LogP contribution in [-0.2, 0) is 13.5 Å². The molecule has 0 amide bonds. The van der Waals surface area contributed by atoms with E-state index in [0.29, 0.717) is 6.04 Å². The fourth-order valence-corrected chi connectivity index (χ4v) is 2.18. The van der Waals surface area contributed by atoms with E-state index in [-0.39, 0.29) is 0 Å². The van der Waals surface area contributed by atoms with Gasteiger partial charge >= 0.3 is 0 Å². The molecule has 0 aliphatic carbocycles. The van der Waals surface area contributed by atoms with Crippen LogP contribution in [0.15, 0.2) is 30.5 Å². The summed E-state index contributed by atoms with van der Waals surface area (Å²) in [5.74, 6) is 0. The van der Waals surface area contributed by atoms with E-state index >= 15 is 0 Å². The molecule has 0 bridgehead atoms. The fourth-order valence-electron chi connectivity index (χ4n) is 2.18. The Labute approximate surface area is 114 Å². The molecule has 0 radical (unpaired) electrons. The Hall–Kier alpha value is -1.68. The second-order valence-electron chi connectivity index (χ2n) is 5.00. The summed E-state index contributed by atoms with van der Waals surface area (Å²) in [4.78, 5) is 0. The Kier molecular flexibility index (Phi) is 4.68. The second-order valence-corrected chi connectivity index (χ2v) is 5.00. The summed E-state index contributed by atoms with van der Waals surface area (Å²) in [7, 11) is 1.91. The van der Waals surface area contributed by atoms with Crippen LogP contribution in [0.5, 0.6) is 0 Å². The molecule has 1 atom stereocenters. The highest BCUT2D eigenvalue weighted by Crippen LogP contribution is 2.18. The molecule has 1 aromatic carbocycles. The lowest BCUT2D eigenvalue weighted by atomic mass is 10.0. The van der Waals surface area contributed by atoms with Crippen LogP contribution in [-0.4, -0.2) is 27.6 Å². The Morgan fingerprint density at radius 1 is 1.26 bits per heavy atom. The number of hydrogen-bond acceptors (Lipinski definition) is 3. The molecule has 0 spiro atoms. The van der Waals surface area contributed by atoms with Crippen LogP contribution in [0.25, 0.3) is 11.3 Å². The lowest BCUT2D eigenvalue weighted by Gasteiger charge is -2.13. The molecular weight excluding hydrogens is 236 g/mol. The quantitative estimate of drug-likeness (QED) is 0.865. The first kappa shape index (κ1) is 13.7. The predicted octanol–water partition coefficient (Wildman–Crippen LogP) is 2.41. The van der Waals surface area contributed by atoms with Gasteiger partial charge in [-0.25, -0.2) is 4.68 Å². The number of rotatable bonds is 6. The van der Waals surface area contributed by atoms with Crippen molar-refractivity contribution in [3.8, 4) is 11.3 Å². The summed E-state index contributed by atoms with van der Waals surface area (Å²) < 4.78 is 1.79. The molecule has 4 heteroatoms. The highest BCUT2D eigenvalue weighted by molar-refractivity contribution is 5.58. The number of aromatic nitrogens is 3. The van der Waals surface area contributed by atoms with Gasteiger partial charge < -0.3 is 5.32 Å². The van der Waals surface area contributed by atoms with E-state index < -0.39 is 0 Å². The molecule has 1 heterocycles. The normalized spacial score (nSPS) is 12.6. The minimum atomic E-state index is 0.518. The Morgan fingerprint density at radius 2 is 2.00 bits per heavy atom. The molecule has 0 aliphatic rings. The molecule has 1 aromatic heterocycles. The number of benzene rings is 1. The molecule has 1 N–H and O–H groups in total. The molecular formula is C15H22N4. The van der Waals surface area contributed by atoms with Gasteiger partial charge in [0.2, 0.25) is 0 Å². The molecule has 0 aliphatic heterocycles. The minimum Gasteiger partial charge on any atom is -0.314 e. The van der Waals surface area contributed by atoms with Gasteiger partial charge in [0.25, 0.3) is 0 Å². The second kappa shape index (κ2) is 6.48. The van der Waals surface area contributed by atoms with Gasteiger partial charge in [-0.2, -0.15) is 0 Å². The van der Waals surface area contributed by atoms with Crippen LogP contribution < -0.4 is 5.32 Å². The number of nitrogens with zero attached hydrogens (tertiary/aromatic N) is 3. The third-order valence-corrected chi connectivity index (χ3v) is 3.25. The summed E-state index contributed by atoms with van der Waals surface area (Å²) in [6.45, 7) is 5.50. The van der Waals surface area contributed by atoms with Gasteiger partial charge in [0.05, 0.1) is 11.9 Å². The Balaban J connectivity index is 2.01. The van der Waals surface area contributed by atoms with Gasteiger partial charge in [-0.3, -0.25) is 0 Å². The average molecular weight is 258 g/mol. The van der Waals surface area contributed by atoms with Gasteiger partial charge in [-0.05, 0) is 31.9 Å². The zero-order valence-electron chi connectivity index (χ0n) is 11.9. The van der Waals surface area contributed by atoms with Crippen molar-refractivity contribution >= 4 is 0 Å². The summed E-state index contributed by atoms with van der Waals surface area (Å²) in [5, 5.41) is 11.4. The SMILES string of the molecule is CCCNC(C)Cc1ccc(-c2cnnn2C)cc1. The molecule has 0 saturated carbocycles. The van der Waals surface area contributed by atoms with Crippen molar-refractivity contribution in [2.45, 2.75) is 32.7 Å². The van der Waals surface area contributed by atoms with Crippen LogP contribution in [0.3, 0.4) is 0 Å². The maximum atomic E-state index is 3.95. The van der Waals surface area contributed by atoms with Crippen LogP contribution in [0.4, 0.5) is 0 Å². The van der Waals surface area contributed by atoms with Crippen LogP contribution in [0.2, 0.25) is 0 Å². The largest absolute Gasteiger partial charge is 0.314 e. The smallest absolute Gasteiger partial charge is 0.0882 e. The van der Waals surface area contributed by atoms with E-state index in [0.717, 1.165) is 24.2 Å². The lowest BCUT2D eigenvalue weighted by molar-refractivity contribution is 0.543. The molecule has 4 nitrogen and oxygen atoms in total. The number of nitrogens with one attached hydrogen (secondary N) is 1. The van der Waals surface area contributed by atoms with Gasteiger partial charge in [-0.15, -0.1) is 5.10 Å². The summed E-state index contributed by atoms with van der Waals surface area (Å²) in [6.07, 6.45) is 4.03. The zero-order chi connectivity index (χ0) is 13.7. The number of aryl methyl sites for hydroxylation is 1. The Morgan fingerprint density at radius 3 is 2.58 bits per heavy atom. The van der Waals surface area contributed by atoms with Crippen LogP contribution >= 0.6 is 0 Å². The standard InChI is InChI=1S/C15H22N4/c1-4-9-16-12(2)10-13-5-7-14(8-6-13)15-11-17-18-19(15)3/h5-8,11-12,16H,4,9-10H2,1-3H3. The Bertz CT molecular complexity index is 501. The fraction of sp³-hybridized carbons (Fsp3) is 0.467. The van der Waals surface area contributed by atoms with Crippen molar-refractivity contribution in [2.24, 2.45) is 7.05 Å². The zero-order valence-corrected chi connectivity index (χ0v) is 11.9. The molecule has 0 fully saturated rings. The summed E-state index contributed by atoms with van der Waals surface area (Å²) >= 11 is 0. The van der Waals surface area contributed by atoms with Crippen molar-refractivity contribution in [3.63, 3.8) is 0 Å². The maximum Gasteiger partial charge on any atom is 0.0882 e. The van der Waals surface area contributed by atoms with E-state index in [1.807, 2.05) is 7.05 Å². The highest BCUT2D eigenvalue weighted by Gasteiger charge is 2.05. The molecule has 0 saturated heterocycles. The van der Waals surface area contributed by atoms with Gasteiger partial charge in [-0.1, -0.05) is 36.4 Å². The molecule has 19 heavy (non-hydrogen) atoms. The van der Waals surface area contributed by atoms with E-state index in [1.54, 1.807) is 10.9 Å². The molecule has 2 aromatic rings. The van der Waals surface area contributed by atoms with Crippen LogP contribution in [0.1, 0.15) is 25.8 Å². The van der Waals surface area contributed by atoms with E-state index in [4.69, 9.17) is 0 Å². The van der Waals surface area contributed by atoms with Gasteiger partial charge in [0.15, 0.2) is 0 Å². The summed E-state index contributed by atoms with van der Waals surface area (Å²) in [6, 6.07) is 9.17. The monoisotopic (exact) mass is 258 g/mol. The summed E-state index contributed by atoms with van der Waals surface area (Å²) in [5.41, 5.74) is 3.56.